The van der Waals surface area contributed by atoms with Crippen molar-refractivity contribution in [2.75, 3.05) is 18.5 Å². The maximum atomic E-state index is 12.7. The Morgan fingerprint density at radius 3 is 2.45 bits per heavy atom. The minimum Gasteiger partial charge on any atom is -0.494 e. The van der Waals surface area contributed by atoms with Crippen LogP contribution in [0.15, 0.2) is 59.6 Å². The minimum atomic E-state index is -0.272. The molecule has 0 heterocycles. The zero-order valence-electron chi connectivity index (χ0n) is 12.0. The Kier molecular flexibility index (Phi) is 8.27. The monoisotopic (exact) mass is 415 g/mol. The van der Waals surface area contributed by atoms with Crippen molar-refractivity contribution < 1.29 is 9.13 Å². The second kappa shape index (κ2) is 9.99. The molecule has 6 heteroatoms. The predicted octanol–water partition coefficient (Wildman–Crippen LogP) is 3.64. The van der Waals surface area contributed by atoms with Crippen LogP contribution in [0.1, 0.15) is 6.42 Å². The second-order valence-corrected chi connectivity index (χ2v) is 4.41. The number of nitrogens with one attached hydrogen (secondary N) is 1. The van der Waals surface area contributed by atoms with Gasteiger partial charge in [0.1, 0.15) is 11.6 Å². The number of aliphatic imine (C=N–C) groups is 1. The molecule has 2 aromatic carbocycles. The van der Waals surface area contributed by atoms with Crippen LogP contribution in [-0.4, -0.2) is 19.1 Å². The summed E-state index contributed by atoms with van der Waals surface area (Å²) in [6.07, 6.45) is 0.731. The lowest BCUT2D eigenvalue weighted by Gasteiger charge is -2.06. The van der Waals surface area contributed by atoms with Crippen molar-refractivity contribution in [2.24, 2.45) is 10.7 Å². The third-order valence-corrected chi connectivity index (χ3v) is 2.71. The third-order valence-electron chi connectivity index (χ3n) is 2.71. The Balaban J connectivity index is 0.00000242. The third kappa shape index (κ3) is 6.75. The van der Waals surface area contributed by atoms with Crippen molar-refractivity contribution in [1.29, 1.82) is 0 Å². The largest absolute Gasteiger partial charge is 0.494 e. The van der Waals surface area contributed by atoms with Gasteiger partial charge in [0.25, 0.3) is 0 Å². The number of nitrogens with two attached hydrogens (primary N) is 1. The quantitative estimate of drug-likeness (QED) is 0.328. The Hall–Kier alpha value is -1.83. The molecule has 0 aliphatic carbocycles. The summed E-state index contributed by atoms with van der Waals surface area (Å²) in [6.45, 7) is 1.07. The van der Waals surface area contributed by atoms with Crippen molar-refractivity contribution in [2.45, 2.75) is 6.42 Å². The van der Waals surface area contributed by atoms with Gasteiger partial charge in [-0.3, -0.25) is 4.99 Å². The number of ether oxygens (including phenoxy) is 1. The summed E-state index contributed by atoms with van der Waals surface area (Å²) in [6, 6.07) is 15.6. The number of rotatable bonds is 6. The van der Waals surface area contributed by atoms with Gasteiger partial charge in [0.15, 0.2) is 5.96 Å². The highest BCUT2D eigenvalue weighted by Gasteiger charge is 1.96. The van der Waals surface area contributed by atoms with Crippen LogP contribution in [0.3, 0.4) is 0 Å². The summed E-state index contributed by atoms with van der Waals surface area (Å²) in [5, 5.41) is 3.00. The van der Waals surface area contributed by atoms with E-state index < -0.39 is 0 Å². The van der Waals surface area contributed by atoms with Crippen molar-refractivity contribution in [3.63, 3.8) is 0 Å². The molecule has 0 bridgehead atoms. The highest BCUT2D eigenvalue weighted by molar-refractivity contribution is 14.0. The average molecular weight is 415 g/mol. The van der Waals surface area contributed by atoms with Crippen molar-refractivity contribution >= 4 is 35.6 Å². The molecule has 0 aliphatic rings. The fourth-order valence-corrected chi connectivity index (χ4v) is 1.69. The fourth-order valence-electron chi connectivity index (χ4n) is 1.69. The molecule has 0 saturated carbocycles. The van der Waals surface area contributed by atoms with E-state index in [-0.39, 0.29) is 29.8 Å². The van der Waals surface area contributed by atoms with E-state index in [0.29, 0.717) is 24.9 Å². The zero-order valence-corrected chi connectivity index (χ0v) is 14.4. The molecular weight excluding hydrogens is 396 g/mol. The van der Waals surface area contributed by atoms with Gasteiger partial charge in [0, 0.05) is 18.7 Å². The summed E-state index contributed by atoms with van der Waals surface area (Å²) >= 11 is 0. The Morgan fingerprint density at radius 1 is 1.09 bits per heavy atom. The van der Waals surface area contributed by atoms with Gasteiger partial charge in [0.05, 0.1) is 6.61 Å². The van der Waals surface area contributed by atoms with E-state index in [2.05, 4.69) is 10.3 Å². The lowest BCUT2D eigenvalue weighted by atomic mass is 10.3. The van der Waals surface area contributed by atoms with Crippen LogP contribution in [0.5, 0.6) is 5.75 Å². The summed E-state index contributed by atoms with van der Waals surface area (Å²) in [4.78, 5) is 4.21. The molecule has 118 valence electrons. The van der Waals surface area contributed by atoms with E-state index in [1.807, 2.05) is 30.3 Å². The maximum Gasteiger partial charge on any atom is 0.193 e. The van der Waals surface area contributed by atoms with Gasteiger partial charge in [0.2, 0.25) is 0 Å². The first-order valence-electron chi connectivity index (χ1n) is 6.74. The molecule has 0 unspecified atom stereocenters. The van der Waals surface area contributed by atoms with Crippen LogP contribution >= 0.6 is 24.0 Å². The van der Waals surface area contributed by atoms with E-state index in [1.54, 1.807) is 12.1 Å². The number of benzene rings is 2. The molecular formula is C16H19FIN3O. The molecule has 22 heavy (non-hydrogen) atoms. The number of nitrogens with zero attached hydrogens (tertiary/aromatic N) is 1. The Morgan fingerprint density at radius 2 is 1.77 bits per heavy atom. The number of halogens is 2. The van der Waals surface area contributed by atoms with Gasteiger partial charge in [-0.1, -0.05) is 18.2 Å². The molecule has 4 nitrogen and oxygen atoms in total. The van der Waals surface area contributed by atoms with Crippen LogP contribution < -0.4 is 15.8 Å². The first-order chi connectivity index (χ1) is 10.2. The van der Waals surface area contributed by atoms with Crippen molar-refractivity contribution in [1.82, 2.24) is 0 Å². The van der Waals surface area contributed by atoms with Crippen LogP contribution in [0, 0.1) is 5.82 Å². The maximum absolute atomic E-state index is 12.7. The lowest BCUT2D eigenvalue weighted by molar-refractivity contribution is 0.313. The number of para-hydroxylation sites is 1. The van der Waals surface area contributed by atoms with Gasteiger partial charge < -0.3 is 15.8 Å². The number of anilines is 1. The van der Waals surface area contributed by atoms with Crippen molar-refractivity contribution in [3.05, 3.63) is 60.4 Å². The van der Waals surface area contributed by atoms with Gasteiger partial charge in [-0.2, -0.15) is 0 Å². The summed E-state index contributed by atoms with van der Waals surface area (Å²) in [7, 11) is 0. The number of hydrogen-bond donors (Lipinski definition) is 2. The second-order valence-electron chi connectivity index (χ2n) is 4.41. The molecule has 0 fully saturated rings. The average Bonchev–Trinajstić information content (AvgIpc) is 2.50. The van der Waals surface area contributed by atoms with Gasteiger partial charge in [-0.25, -0.2) is 4.39 Å². The van der Waals surface area contributed by atoms with Crippen LogP contribution in [-0.2, 0) is 0 Å². The first kappa shape index (κ1) is 18.2. The smallest absolute Gasteiger partial charge is 0.193 e. The highest BCUT2D eigenvalue weighted by atomic mass is 127. The summed E-state index contributed by atoms with van der Waals surface area (Å²) in [5.74, 6) is 0.755. The predicted molar refractivity (Wildman–Crippen MR) is 98.5 cm³/mol. The summed E-state index contributed by atoms with van der Waals surface area (Å²) in [5.41, 5.74) is 6.68. The molecule has 2 rings (SSSR count). The standard InChI is InChI=1S/C16H18FN3O.HI/c17-13-7-9-15(10-8-13)21-12-4-11-19-16(18)20-14-5-2-1-3-6-14;/h1-3,5-10H,4,11-12H2,(H3,18,19,20);1H. The fraction of sp³-hybridized carbons (Fsp3) is 0.188. The highest BCUT2D eigenvalue weighted by Crippen LogP contribution is 2.11. The molecule has 0 atom stereocenters. The van der Waals surface area contributed by atoms with E-state index in [1.165, 1.54) is 12.1 Å². The molecule has 0 aromatic heterocycles. The van der Waals surface area contributed by atoms with Crippen LogP contribution in [0.2, 0.25) is 0 Å². The molecule has 0 amide bonds. The Labute approximate surface area is 146 Å². The molecule has 0 saturated heterocycles. The van der Waals surface area contributed by atoms with Crippen molar-refractivity contribution in [3.8, 4) is 5.75 Å². The van der Waals surface area contributed by atoms with Gasteiger partial charge in [-0.15, -0.1) is 24.0 Å². The van der Waals surface area contributed by atoms with E-state index in [9.17, 15) is 4.39 Å². The minimum absolute atomic E-state index is 0. The lowest BCUT2D eigenvalue weighted by Crippen LogP contribution is -2.23. The zero-order chi connectivity index (χ0) is 14.9. The topological polar surface area (TPSA) is 59.6 Å². The molecule has 0 aliphatic heterocycles. The molecule has 2 aromatic rings. The molecule has 0 radical (unpaired) electrons. The normalized spacial score (nSPS) is 10.7. The number of guanidine groups is 1. The van der Waals surface area contributed by atoms with E-state index >= 15 is 0 Å². The molecule has 3 N–H and O–H groups in total. The summed E-state index contributed by atoms with van der Waals surface area (Å²) < 4.78 is 18.2. The van der Waals surface area contributed by atoms with Gasteiger partial charge in [-0.05, 0) is 36.4 Å². The van der Waals surface area contributed by atoms with E-state index in [4.69, 9.17) is 10.5 Å². The van der Waals surface area contributed by atoms with Crippen LogP contribution in [0.25, 0.3) is 0 Å². The molecule has 0 spiro atoms. The van der Waals surface area contributed by atoms with Crippen LogP contribution in [0.4, 0.5) is 10.1 Å². The SMILES string of the molecule is I.NC(=NCCCOc1ccc(F)cc1)Nc1ccccc1. The number of hydrogen-bond acceptors (Lipinski definition) is 2. The van der Waals surface area contributed by atoms with Gasteiger partial charge >= 0.3 is 0 Å². The van der Waals surface area contributed by atoms with E-state index in [0.717, 1.165) is 12.1 Å². The Bertz CT molecular complexity index is 576. The first-order valence-corrected chi connectivity index (χ1v) is 6.74.